The van der Waals surface area contributed by atoms with Gasteiger partial charge in [-0.15, -0.1) is 0 Å². The van der Waals surface area contributed by atoms with Crippen LogP contribution in [0.5, 0.6) is 5.75 Å². The van der Waals surface area contributed by atoms with Crippen LogP contribution in [0.15, 0.2) is 12.1 Å². The summed E-state index contributed by atoms with van der Waals surface area (Å²) in [5.74, 6) is -4.19. The Morgan fingerprint density at radius 3 is 2.52 bits per heavy atom. The average molecular weight is 412 g/mol. The number of nitrogens with one attached hydrogen (secondary N) is 1. The lowest BCUT2D eigenvalue weighted by Gasteiger charge is -2.45. The fourth-order valence-electron chi connectivity index (χ4n) is 4.52. The van der Waals surface area contributed by atoms with E-state index in [0.29, 0.717) is 45.4 Å². The summed E-state index contributed by atoms with van der Waals surface area (Å²) in [6, 6.07) is 1.56. The summed E-state index contributed by atoms with van der Waals surface area (Å²) in [6.45, 7) is 3.06. The van der Waals surface area contributed by atoms with Gasteiger partial charge in [0.1, 0.15) is 6.61 Å². The molecule has 1 aliphatic carbocycles. The topological polar surface area (TPSA) is 67.9 Å². The van der Waals surface area contributed by atoms with E-state index < -0.39 is 40.9 Å². The van der Waals surface area contributed by atoms with Crippen molar-refractivity contribution in [1.82, 2.24) is 10.2 Å². The number of hydrogen-bond acceptors (Lipinski definition) is 4. The number of amides is 2. The molecule has 9 heteroatoms. The first-order valence-electron chi connectivity index (χ1n) is 9.82. The number of carbonyl (C=O) groups excluding carboxylic acids is 2. The molecular weight excluding hydrogens is 389 g/mol. The van der Waals surface area contributed by atoms with Crippen molar-refractivity contribution in [2.45, 2.75) is 44.2 Å². The van der Waals surface area contributed by atoms with Gasteiger partial charge in [0.25, 0.3) is 0 Å². The molecule has 2 saturated heterocycles. The quantitative estimate of drug-likeness (QED) is 0.772. The number of carbonyl (C=O) groups is 2. The minimum absolute atomic E-state index is 0.00336. The lowest BCUT2D eigenvalue weighted by Crippen LogP contribution is -2.58. The Bertz CT molecular complexity index is 820. The molecule has 1 aromatic rings. The second-order valence-electron chi connectivity index (χ2n) is 8.24. The molecule has 0 bridgehead atoms. The summed E-state index contributed by atoms with van der Waals surface area (Å²) in [7, 11) is 0. The van der Waals surface area contributed by atoms with Gasteiger partial charge in [0.2, 0.25) is 11.7 Å². The summed E-state index contributed by atoms with van der Waals surface area (Å²) in [4.78, 5) is 25.7. The molecule has 1 N–H and O–H groups in total. The Morgan fingerprint density at radius 1 is 1.24 bits per heavy atom. The van der Waals surface area contributed by atoms with Crippen LogP contribution >= 0.6 is 0 Å². The van der Waals surface area contributed by atoms with E-state index in [9.17, 15) is 22.8 Å². The van der Waals surface area contributed by atoms with Gasteiger partial charge >= 0.3 is 6.09 Å². The molecule has 1 atom stereocenters. The number of piperidine rings is 1. The number of halogens is 3. The van der Waals surface area contributed by atoms with Crippen molar-refractivity contribution in [3.8, 4) is 5.75 Å². The highest BCUT2D eigenvalue weighted by Crippen LogP contribution is 2.42. The molecular formula is C20H23F3N2O4. The third-order valence-corrected chi connectivity index (χ3v) is 6.29. The second-order valence-corrected chi connectivity index (χ2v) is 8.24. The zero-order valence-electron chi connectivity index (χ0n) is 16.1. The molecule has 3 fully saturated rings. The maximum atomic E-state index is 13.8. The van der Waals surface area contributed by atoms with Gasteiger partial charge in [-0.2, -0.15) is 4.39 Å². The van der Waals surface area contributed by atoms with Crippen molar-refractivity contribution in [1.29, 1.82) is 0 Å². The van der Waals surface area contributed by atoms with E-state index in [0.717, 1.165) is 12.1 Å². The molecule has 1 aromatic carbocycles. The summed E-state index contributed by atoms with van der Waals surface area (Å²) < 4.78 is 51.3. The Balaban J connectivity index is 1.28. The Hall–Kier alpha value is -2.45. The van der Waals surface area contributed by atoms with Crippen LogP contribution in [-0.4, -0.2) is 48.2 Å². The normalized spacial score (nSPS) is 27.9. The number of hydrogen-bond donors (Lipinski definition) is 1. The molecule has 0 aromatic heterocycles. The van der Waals surface area contributed by atoms with E-state index in [-0.39, 0.29) is 17.7 Å². The van der Waals surface area contributed by atoms with Crippen molar-refractivity contribution in [3.05, 3.63) is 29.6 Å². The zero-order chi connectivity index (χ0) is 20.8. The third-order valence-electron chi connectivity index (χ3n) is 6.29. The number of cyclic esters (lactones) is 1. The molecule has 2 heterocycles. The van der Waals surface area contributed by atoms with Crippen LogP contribution in [0.25, 0.3) is 0 Å². The Labute approximate surface area is 166 Å². The number of rotatable bonds is 4. The van der Waals surface area contributed by atoms with Crippen LogP contribution in [0.3, 0.4) is 0 Å². The van der Waals surface area contributed by atoms with Crippen LogP contribution in [0.4, 0.5) is 18.0 Å². The molecule has 4 rings (SSSR count). The van der Waals surface area contributed by atoms with Crippen LogP contribution in [0.1, 0.15) is 32.6 Å². The van der Waals surface area contributed by atoms with Crippen LogP contribution < -0.4 is 10.1 Å². The lowest BCUT2D eigenvalue weighted by molar-refractivity contribution is -0.143. The molecule has 3 aliphatic rings. The maximum Gasteiger partial charge on any atom is 0.407 e. The number of nitrogens with zero attached hydrogens (tertiary/aromatic N) is 1. The highest BCUT2D eigenvalue weighted by Gasteiger charge is 2.53. The predicted octanol–water partition coefficient (Wildman–Crippen LogP) is 3.00. The standard InChI is InChI=1S/C20H23F3N2O4/c1-11(29-17-15(22)3-2-14(21)16(17)23)12-4-6-25(7-5-12)18(26)13-8-20(9-13)10-28-19(27)24-20/h2-3,11-13H,4-10H2,1H3,(H,24,27). The second kappa shape index (κ2) is 7.42. The van der Waals surface area contributed by atoms with E-state index in [1.54, 1.807) is 11.8 Å². The van der Waals surface area contributed by atoms with E-state index in [1.807, 2.05) is 0 Å². The van der Waals surface area contributed by atoms with Crippen LogP contribution in [0, 0.1) is 29.3 Å². The van der Waals surface area contributed by atoms with Gasteiger partial charge in [-0.25, -0.2) is 13.6 Å². The minimum Gasteiger partial charge on any atom is -0.484 e. The van der Waals surface area contributed by atoms with Crippen molar-refractivity contribution >= 4 is 12.0 Å². The first-order chi connectivity index (χ1) is 13.8. The van der Waals surface area contributed by atoms with Crippen molar-refractivity contribution in [3.63, 3.8) is 0 Å². The summed E-state index contributed by atoms with van der Waals surface area (Å²) in [6.07, 6.45) is 1.46. The number of ether oxygens (including phenoxy) is 2. The van der Waals surface area contributed by atoms with Crippen molar-refractivity contribution in [2.24, 2.45) is 11.8 Å². The largest absolute Gasteiger partial charge is 0.484 e. The molecule has 1 saturated carbocycles. The van der Waals surface area contributed by atoms with E-state index >= 15 is 0 Å². The number of benzene rings is 1. The highest BCUT2D eigenvalue weighted by molar-refractivity contribution is 5.81. The average Bonchev–Trinajstić information content (AvgIpc) is 3.09. The summed E-state index contributed by atoms with van der Waals surface area (Å²) in [5, 5.41) is 2.78. The maximum absolute atomic E-state index is 13.8. The van der Waals surface area contributed by atoms with Crippen molar-refractivity contribution < 1.29 is 32.2 Å². The molecule has 6 nitrogen and oxygen atoms in total. The highest BCUT2D eigenvalue weighted by atomic mass is 19.2. The smallest absolute Gasteiger partial charge is 0.407 e. The van der Waals surface area contributed by atoms with Gasteiger partial charge in [-0.05, 0) is 50.7 Å². The van der Waals surface area contributed by atoms with Gasteiger partial charge in [0.15, 0.2) is 17.4 Å². The fourth-order valence-corrected chi connectivity index (χ4v) is 4.52. The molecule has 2 amide bonds. The predicted molar refractivity (Wildman–Crippen MR) is 95.6 cm³/mol. The lowest BCUT2D eigenvalue weighted by atomic mass is 9.68. The molecule has 29 heavy (non-hydrogen) atoms. The van der Waals surface area contributed by atoms with Gasteiger partial charge in [-0.1, -0.05) is 0 Å². The zero-order valence-corrected chi connectivity index (χ0v) is 16.1. The fraction of sp³-hybridized carbons (Fsp3) is 0.600. The Morgan fingerprint density at radius 2 is 1.90 bits per heavy atom. The molecule has 0 radical (unpaired) electrons. The SMILES string of the molecule is CC(Oc1c(F)ccc(F)c1F)C1CCN(C(=O)C2CC3(COC(=O)N3)C2)CC1. The van der Waals surface area contributed by atoms with E-state index in [2.05, 4.69) is 5.32 Å². The van der Waals surface area contributed by atoms with Crippen LogP contribution in [-0.2, 0) is 9.53 Å². The first-order valence-corrected chi connectivity index (χ1v) is 9.82. The van der Waals surface area contributed by atoms with Gasteiger partial charge in [0.05, 0.1) is 11.6 Å². The number of likely N-dealkylation sites (tertiary alicyclic amines) is 1. The number of alkyl carbamates (subject to hydrolysis) is 1. The van der Waals surface area contributed by atoms with Gasteiger partial charge < -0.3 is 19.7 Å². The molecule has 2 aliphatic heterocycles. The summed E-state index contributed by atoms with van der Waals surface area (Å²) in [5.41, 5.74) is -0.392. The minimum atomic E-state index is -1.33. The van der Waals surface area contributed by atoms with E-state index in [1.165, 1.54) is 0 Å². The van der Waals surface area contributed by atoms with E-state index in [4.69, 9.17) is 9.47 Å². The Kier molecular flexibility index (Phi) is 5.08. The molecule has 1 unspecified atom stereocenters. The molecule has 158 valence electrons. The summed E-state index contributed by atoms with van der Waals surface area (Å²) >= 11 is 0. The monoisotopic (exact) mass is 412 g/mol. The first kappa shape index (κ1) is 19.8. The van der Waals surface area contributed by atoms with Gasteiger partial charge in [0, 0.05) is 19.0 Å². The third kappa shape index (κ3) is 3.74. The van der Waals surface area contributed by atoms with Crippen LogP contribution in [0.2, 0.25) is 0 Å². The van der Waals surface area contributed by atoms with Gasteiger partial charge in [-0.3, -0.25) is 4.79 Å². The molecule has 1 spiro atoms. The van der Waals surface area contributed by atoms with Crippen molar-refractivity contribution in [2.75, 3.05) is 19.7 Å².